The number of thiophene rings is 1. The van der Waals surface area contributed by atoms with Crippen LogP contribution in [-0.2, 0) is 6.54 Å². The molecule has 106 valence electrons. The summed E-state index contributed by atoms with van der Waals surface area (Å²) in [5.41, 5.74) is 5.74. The van der Waals surface area contributed by atoms with Crippen molar-refractivity contribution in [2.75, 3.05) is 0 Å². The van der Waals surface area contributed by atoms with E-state index in [4.69, 9.17) is 0 Å². The van der Waals surface area contributed by atoms with E-state index in [2.05, 4.69) is 41.8 Å². The Bertz CT molecular complexity index is 911. The van der Waals surface area contributed by atoms with E-state index in [9.17, 15) is 4.79 Å². The van der Waals surface area contributed by atoms with Crippen LogP contribution in [0, 0.1) is 0 Å². The number of hydrogen-bond acceptors (Lipinski definition) is 2. The predicted molar refractivity (Wildman–Crippen MR) is 87.9 cm³/mol. The number of fused-ring (bicyclic) bond motifs is 7. The molecular formula is C19H13NOS. The molecule has 1 unspecified atom stereocenters. The molecule has 0 radical (unpaired) electrons. The highest BCUT2D eigenvalue weighted by molar-refractivity contribution is 7.13. The fourth-order valence-corrected chi connectivity index (χ4v) is 4.66. The minimum Gasteiger partial charge on any atom is -0.323 e. The third-order valence-electron chi connectivity index (χ3n) is 4.65. The van der Waals surface area contributed by atoms with Crippen LogP contribution in [0.4, 0.5) is 0 Å². The topological polar surface area (TPSA) is 20.3 Å². The lowest BCUT2D eigenvalue weighted by molar-refractivity contribution is 0.0738. The van der Waals surface area contributed by atoms with Gasteiger partial charge in [-0.1, -0.05) is 42.5 Å². The van der Waals surface area contributed by atoms with Gasteiger partial charge in [0, 0.05) is 17.0 Å². The lowest BCUT2D eigenvalue weighted by Gasteiger charge is -2.24. The van der Waals surface area contributed by atoms with E-state index in [1.54, 1.807) is 11.3 Å². The van der Waals surface area contributed by atoms with Crippen LogP contribution in [0.1, 0.15) is 33.1 Å². The number of carbonyl (C=O) groups is 1. The van der Waals surface area contributed by atoms with Gasteiger partial charge in [-0.25, -0.2) is 0 Å². The monoisotopic (exact) mass is 303 g/mol. The van der Waals surface area contributed by atoms with Crippen molar-refractivity contribution in [1.29, 1.82) is 0 Å². The first-order valence-corrected chi connectivity index (χ1v) is 8.28. The quantitative estimate of drug-likeness (QED) is 0.600. The van der Waals surface area contributed by atoms with E-state index in [0.717, 1.165) is 11.1 Å². The standard InChI is InChI=1S/C19H13NOS/c21-19-16-8-4-2-6-14(16)17-13-5-1-3-7-15(13)18-12(9-10-22-18)11-20(17)19/h1-10,17H,11H2. The van der Waals surface area contributed by atoms with Crippen LogP contribution in [-0.4, -0.2) is 10.8 Å². The van der Waals surface area contributed by atoms with Crippen LogP contribution in [0.15, 0.2) is 60.0 Å². The minimum absolute atomic E-state index is 0.0412. The smallest absolute Gasteiger partial charge is 0.255 e. The Labute approximate surface area is 132 Å². The summed E-state index contributed by atoms with van der Waals surface area (Å²) < 4.78 is 0. The Morgan fingerprint density at radius 3 is 2.41 bits per heavy atom. The van der Waals surface area contributed by atoms with Crippen molar-refractivity contribution >= 4 is 17.2 Å². The van der Waals surface area contributed by atoms with Gasteiger partial charge in [-0.3, -0.25) is 4.79 Å². The van der Waals surface area contributed by atoms with Crippen LogP contribution in [0.2, 0.25) is 0 Å². The normalized spacial score (nSPS) is 18.3. The Morgan fingerprint density at radius 1 is 0.909 bits per heavy atom. The summed E-state index contributed by atoms with van der Waals surface area (Å²) in [6.45, 7) is 0.686. The molecule has 0 N–H and O–H groups in total. The van der Waals surface area contributed by atoms with Gasteiger partial charge in [0.05, 0.1) is 6.04 Å². The van der Waals surface area contributed by atoms with Crippen molar-refractivity contribution in [3.63, 3.8) is 0 Å². The summed E-state index contributed by atoms with van der Waals surface area (Å²) in [5.74, 6) is 0.148. The van der Waals surface area contributed by atoms with Gasteiger partial charge in [-0.2, -0.15) is 0 Å². The summed E-state index contributed by atoms with van der Waals surface area (Å²) in [6.07, 6.45) is 0. The van der Waals surface area contributed by atoms with E-state index < -0.39 is 0 Å². The molecule has 2 aliphatic heterocycles. The maximum Gasteiger partial charge on any atom is 0.255 e. The van der Waals surface area contributed by atoms with Gasteiger partial charge in [0.15, 0.2) is 0 Å². The fraction of sp³-hybridized carbons (Fsp3) is 0.105. The largest absolute Gasteiger partial charge is 0.323 e. The molecule has 3 aromatic rings. The lowest BCUT2D eigenvalue weighted by Crippen LogP contribution is -2.27. The van der Waals surface area contributed by atoms with Crippen molar-refractivity contribution in [2.24, 2.45) is 0 Å². The molecule has 3 heteroatoms. The Morgan fingerprint density at radius 2 is 1.59 bits per heavy atom. The highest BCUT2D eigenvalue weighted by Crippen LogP contribution is 2.47. The second-order valence-electron chi connectivity index (χ2n) is 5.79. The summed E-state index contributed by atoms with van der Waals surface area (Å²) >= 11 is 1.76. The van der Waals surface area contributed by atoms with E-state index in [1.165, 1.54) is 21.6 Å². The molecule has 5 rings (SSSR count). The second-order valence-corrected chi connectivity index (χ2v) is 6.70. The van der Waals surface area contributed by atoms with Crippen molar-refractivity contribution in [2.45, 2.75) is 12.6 Å². The molecule has 0 aliphatic carbocycles. The molecule has 0 saturated carbocycles. The molecule has 2 aromatic carbocycles. The summed E-state index contributed by atoms with van der Waals surface area (Å²) in [4.78, 5) is 16.2. The van der Waals surface area contributed by atoms with Gasteiger partial charge in [0.1, 0.15) is 0 Å². The molecule has 0 spiro atoms. The van der Waals surface area contributed by atoms with E-state index in [1.807, 2.05) is 23.1 Å². The van der Waals surface area contributed by atoms with Crippen LogP contribution in [0.5, 0.6) is 0 Å². The molecule has 0 bridgehead atoms. The maximum atomic E-state index is 12.9. The lowest BCUT2D eigenvalue weighted by atomic mass is 9.94. The summed E-state index contributed by atoms with van der Waals surface area (Å²) in [5, 5.41) is 2.12. The molecule has 1 amide bonds. The van der Waals surface area contributed by atoms with Crippen molar-refractivity contribution < 1.29 is 4.79 Å². The molecule has 22 heavy (non-hydrogen) atoms. The molecule has 0 fully saturated rings. The molecule has 3 heterocycles. The number of carbonyl (C=O) groups excluding carboxylic acids is 1. The van der Waals surface area contributed by atoms with Crippen LogP contribution >= 0.6 is 11.3 Å². The zero-order chi connectivity index (χ0) is 14.7. The van der Waals surface area contributed by atoms with Crippen LogP contribution in [0.25, 0.3) is 10.4 Å². The third-order valence-corrected chi connectivity index (χ3v) is 5.64. The summed E-state index contributed by atoms with van der Waals surface area (Å²) in [6, 6.07) is 18.7. The molecule has 0 saturated heterocycles. The number of amides is 1. The van der Waals surface area contributed by atoms with Crippen LogP contribution < -0.4 is 0 Å². The molecule has 1 atom stereocenters. The Hall–Kier alpha value is -2.39. The van der Waals surface area contributed by atoms with Gasteiger partial charge in [-0.15, -0.1) is 11.3 Å². The molecule has 2 nitrogen and oxygen atoms in total. The van der Waals surface area contributed by atoms with Crippen molar-refractivity contribution in [1.82, 2.24) is 4.90 Å². The Kier molecular flexibility index (Phi) is 2.38. The fourth-order valence-electron chi connectivity index (χ4n) is 3.69. The first-order chi connectivity index (χ1) is 10.8. The first kappa shape index (κ1) is 12.2. The number of hydrogen-bond donors (Lipinski definition) is 0. The average molecular weight is 303 g/mol. The maximum absolute atomic E-state index is 12.9. The average Bonchev–Trinajstić information content (AvgIpc) is 3.09. The highest BCUT2D eigenvalue weighted by Gasteiger charge is 2.40. The van der Waals surface area contributed by atoms with E-state index >= 15 is 0 Å². The minimum atomic E-state index is 0.0412. The van der Waals surface area contributed by atoms with Crippen LogP contribution in [0.3, 0.4) is 0 Å². The highest BCUT2D eigenvalue weighted by atomic mass is 32.1. The molecular weight excluding hydrogens is 290 g/mol. The third kappa shape index (κ3) is 1.46. The van der Waals surface area contributed by atoms with Gasteiger partial charge < -0.3 is 4.90 Å². The van der Waals surface area contributed by atoms with Gasteiger partial charge in [0.25, 0.3) is 5.91 Å². The van der Waals surface area contributed by atoms with Gasteiger partial charge >= 0.3 is 0 Å². The first-order valence-electron chi connectivity index (χ1n) is 7.40. The van der Waals surface area contributed by atoms with E-state index in [-0.39, 0.29) is 11.9 Å². The summed E-state index contributed by atoms with van der Waals surface area (Å²) in [7, 11) is 0. The zero-order valence-corrected chi connectivity index (χ0v) is 12.6. The number of nitrogens with zero attached hydrogens (tertiary/aromatic N) is 1. The SMILES string of the molecule is O=C1c2ccccc2C2c3ccccc3-c3sccc3CN12. The van der Waals surface area contributed by atoms with Gasteiger partial charge in [0.2, 0.25) is 0 Å². The predicted octanol–water partition coefficient (Wildman–Crippen LogP) is 4.47. The second kappa shape index (κ2) is 4.31. The van der Waals surface area contributed by atoms with Crippen molar-refractivity contribution in [3.05, 3.63) is 82.2 Å². The zero-order valence-electron chi connectivity index (χ0n) is 11.8. The van der Waals surface area contributed by atoms with Gasteiger partial charge in [-0.05, 0) is 39.8 Å². The number of benzene rings is 2. The molecule has 1 aromatic heterocycles. The van der Waals surface area contributed by atoms with Crippen molar-refractivity contribution in [3.8, 4) is 10.4 Å². The molecule has 2 aliphatic rings. The number of rotatable bonds is 0. The Balaban J connectivity index is 1.84. The van der Waals surface area contributed by atoms with E-state index in [0.29, 0.717) is 6.54 Å².